The maximum absolute atomic E-state index is 10.6. The van der Waals surface area contributed by atoms with Gasteiger partial charge in [0.15, 0.2) is 0 Å². The van der Waals surface area contributed by atoms with E-state index in [4.69, 9.17) is 5.11 Å². The lowest BCUT2D eigenvalue weighted by molar-refractivity contribution is -0.136. The van der Waals surface area contributed by atoms with Crippen LogP contribution in [0.4, 0.5) is 0 Å². The lowest BCUT2D eigenvalue weighted by Crippen LogP contribution is -2.21. The van der Waals surface area contributed by atoms with E-state index in [9.17, 15) is 4.79 Å². The van der Waals surface area contributed by atoms with Gasteiger partial charge in [-0.15, -0.1) is 0 Å². The van der Waals surface area contributed by atoms with Crippen LogP contribution in [0, 0.1) is 5.41 Å². The van der Waals surface area contributed by atoms with Crippen LogP contribution >= 0.6 is 0 Å². The molecule has 1 aromatic rings. The Morgan fingerprint density at radius 2 is 2.00 bits per heavy atom. The highest BCUT2D eigenvalue weighted by molar-refractivity contribution is 5.70. The molecular weight excluding hydrogens is 224 g/mol. The number of carboxylic acid groups (broad SMARTS) is 1. The summed E-state index contributed by atoms with van der Waals surface area (Å²) < 4.78 is 0. The smallest absolute Gasteiger partial charge is 0.307 e. The van der Waals surface area contributed by atoms with Crippen molar-refractivity contribution in [1.82, 2.24) is 0 Å². The van der Waals surface area contributed by atoms with Gasteiger partial charge in [-0.25, -0.2) is 0 Å². The summed E-state index contributed by atoms with van der Waals surface area (Å²) in [7, 11) is 0. The molecule has 0 spiro atoms. The third-order valence-electron chi connectivity index (χ3n) is 4.01. The number of benzene rings is 1. The number of aliphatic carboxylic acids is 1. The Morgan fingerprint density at radius 3 is 2.56 bits per heavy atom. The molecule has 1 aliphatic carbocycles. The van der Waals surface area contributed by atoms with Crippen molar-refractivity contribution in [1.29, 1.82) is 0 Å². The van der Waals surface area contributed by atoms with Crippen LogP contribution in [0.5, 0.6) is 0 Å². The molecule has 0 heterocycles. The van der Waals surface area contributed by atoms with Crippen LogP contribution in [0.15, 0.2) is 24.3 Å². The maximum Gasteiger partial charge on any atom is 0.307 e. The normalized spacial score (nSPS) is 22.7. The SMILES string of the molecule is CC1(C)CCCC(c2ccc(CC(=O)O)cc2)C1. The number of carbonyl (C=O) groups is 1. The first-order chi connectivity index (χ1) is 8.46. The Morgan fingerprint density at radius 1 is 1.33 bits per heavy atom. The Kier molecular flexibility index (Phi) is 3.74. The zero-order valence-corrected chi connectivity index (χ0v) is 11.3. The van der Waals surface area contributed by atoms with E-state index in [-0.39, 0.29) is 6.42 Å². The molecule has 1 aliphatic rings. The fraction of sp³-hybridized carbons (Fsp3) is 0.562. The Labute approximate surface area is 109 Å². The molecule has 1 N–H and O–H groups in total. The number of rotatable bonds is 3. The summed E-state index contributed by atoms with van der Waals surface area (Å²) in [6, 6.07) is 8.16. The van der Waals surface area contributed by atoms with Gasteiger partial charge in [0.05, 0.1) is 6.42 Å². The fourth-order valence-electron chi connectivity index (χ4n) is 3.06. The van der Waals surface area contributed by atoms with Gasteiger partial charge in [0.1, 0.15) is 0 Å². The predicted octanol–water partition coefficient (Wildman–Crippen LogP) is 4.00. The van der Waals surface area contributed by atoms with E-state index in [1.807, 2.05) is 12.1 Å². The van der Waals surface area contributed by atoms with Crippen LogP contribution in [0.1, 0.15) is 56.6 Å². The highest BCUT2D eigenvalue weighted by Crippen LogP contribution is 2.43. The van der Waals surface area contributed by atoms with E-state index >= 15 is 0 Å². The van der Waals surface area contributed by atoms with E-state index < -0.39 is 5.97 Å². The quantitative estimate of drug-likeness (QED) is 0.875. The second kappa shape index (κ2) is 5.13. The Balaban J connectivity index is 2.07. The number of carboxylic acids is 1. The molecule has 0 aliphatic heterocycles. The lowest BCUT2D eigenvalue weighted by atomic mass is 9.70. The minimum absolute atomic E-state index is 0.121. The molecular formula is C16H22O2. The molecule has 0 radical (unpaired) electrons. The molecule has 18 heavy (non-hydrogen) atoms. The monoisotopic (exact) mass is 246 g/mol. The van der Waals surface area contributed by atoms with Crippen molar-refractivity contribution in [2.24, 2.45) is 5.41 Å². The molecule has 0 aromatic heterocycles. The molecule has 0 bridgehead atoms. The van der Waals surface area contributed by atoms with Crippen molar-refractivity contribution in [2.45, 2.75) is 51.9 Å². The Bertz CT molecular complexity index is 417. The summed E-state index contributed by atoms with van der Waals surface area (Å²) in [5.41, 5.74) is 2.71. The highest BCUT2D eigenvalue weighted by atomic mass is 16.4. The van der Waals surface area contributed by atoms with E-state index in [0.717, 1.165) is 5.56 Å². The van der Waals surface area contributed by atoms with Gasteiger partial charge in [-0.2, -0.15) is 0 Å². The molecule has 0 saturated heterocycles. The van der Waals surface area contributed by atoms with E-state index in [2.05, 4.69) is 26.0 Å². The van der Waals surface area contributed by atoms with Crippen LogP contribution < -0.4 is 0 Å². The van der Waals surface area contributed by atoms with Gasteiger partial charge in [0.2, 0.25) is 0 Å². The molecule has 1 atom stereocenters. The Hall–Kier alpha value is -1.31. The van der Waals surface area contributed by atoms with Gasteiger partial charge in [-0.1, -0.05) is 44.5 Å². The first-order valence-electron chi connectivity index (χ1n) is 6.77. The van der Waals surface area contributed by atoms with Gasteiger partial charge in [-0.05, 0) is 41.7 Å². The molecule has 2 rings (SSSR count). The highest BCUT2D eigenvalue weighted by Gasteiger charge is 2.28. The fourth-order valence-corrected chi connectivity index (χ4v) is 3.06. The van der Waals surface area contributed by atoms with Gasteiger partial charge >= 0.3 is 5.97 Å². The molecule has 1 fully saturated rings. The van der Waals surface area contributed by atoms with Crippen LogP contribution in [-0.4, -0.2) is 11.1 Å². The third kappa shape index (κ3) is 3.34. The predicted molar refractivity (Wildman–Crippen MR) is 72.8 cm³/mol. The summed E-state index contributed by atoms with van der Waals surface area (Å²) >= 11 is 0. The molecule has 2 nitrogen and oxygen atoms in total. The van der Waals surface area contributed by atoms with Crippen molar-refractivity contribution in [3.63, 3.8) is 0 Å². The molecule has 1 saturated carbocycles. The van der Waals surface area contributed by atoms with Crippen molar-refractivity contribution in [3.8, 4) is 0 Å². The van der Waals surface area contributed by atoms with Crippen molar-refractivity contribution >= 4 is 5.97 Å². The topological polar surface area (TPSA) is 37.3 Å². The largest absolute Gasteiger partial charge is 0.481 e. The zero-order chi connectivity index (χ0) is 13.2. The first kappa shape index (κ1) is 13.1. The van der Waals surface area contributed by atoms with Crippen LogP contribution in [0.25, 0.3) is 0 Å². The second-order valence-corrected chi connectivity index (χ2v) is 6.27. The molecule has 2 heteroatoms. The molecule has 1 unspecified atom stereocenters. The van der Waals surface area contributed by atoms with Gasteiger partial charge in [0.25, 0.3) is 0 Å². The van der Waals surface area contributed by atoms with Crippen molar-refractivity contribution in [3.05, 3.63) is 35.4 Å². The van der Waals surface area contributed by atoms with Crippen LogP contribution in [0.3, 0.4) is 0 Å². The third-order valence-corrected chi connectivity index (χ3v) is 4.01. The average molecular weight is 246 g/mol. The summed E-state index contributed by atoms with van der Waals surface area (Å²) in [6.07, 6.45) is 5.25. The minimum Gasteiger partial charge on any atom is -0.481 e. The summed E-state index contributed by atoms with van der Waals surface area (Å²) in [5, 5.41) is 8.75. The zero-order valence-electron chi connectivity index (χ0n) is 11.3. The first-order valence-corrected chi connectivity index (χ1v) is 6.77. The van der Waals surface area contributed by atoms with Crippen molar-refractivity contribution < 1.29 is 9.90 Å². The average Bonchev–Trinajstić information content (AvgIpc) is 2.28. The van der Waals surface area contributed by atoms with E-state index in [1.165, 1.54) is 31.2 Å². The standard InChI is InChI=1S/C16H22O2/c1-16(2)9-3-4-14(11-16)13-7-5-12(6-8-13)10-15(17)18/h5-8,14H,3-4,9-11H2,1-2H3,(H,17,18). The maximum atomic E-state index is 10.6. The molecule has 98 valence electrons. The summed E-state index contributed by atoms with van der Waals surface area (Å²) in [5.74, 6) is -0.117. The van der Waals surface area contributed by atoms with Gasteiger partial charge in [-0.3, -0.25) is 4.79 Å². The summed E-state index contributed by atoms with van der Waals surface area (Å²) in [6.45, 7) is 4.69. The molecule has 0 amide bonds. The van der Waals surface area contributed by atoms with E-state index in [1.54, 1.807) is 0 Å². The van der Waals surface area contributed by atoms with Crippen LogP contribution in [0.2, 0.25) is 0 Å². The van der Waals surface area contributed by atoms with E-state index in [0.29, 0.717) is 11.3 Å². The van der Waals surface area contributed by atoms with Gasteiger partial charge < -0.3 is 5.11 Å². The van der Waals surface area contributed by atoms with Gasteiger partial charge in [0, 0.05) is 0 Å². The number of hydrogen-bond donors (Lipinski definition) is 1. The van der Waals surface area contributed by atoms with Crippen molar-refractivity contribution in [2.75, 3.05) is 0 Å². The lowest BCUT2D eigenvalue weighted by Gasteiger charge is -2.35. The second-order valence-electron chi connectivity index (χ2n) is 6.27. The minimum atomic E-state index is -0.762. The number of hydrogen-bond acceptors (Lipinski definition) is 1. The molecule has 1 aromatic carbocycles. The summed E-state index contributed by atoms with van der Waals surface area (Å²) in [4.78, 5) is 10.6. The van der Waals surface area contributed by atoms with Crippen LogP contribution in [-0.2, 0) is 11.2 Å².